The van der Waals surface area contributed by atoms with E-state index in [2.05, 4.69) is 15.5 Å². The summed E-state index contributed by atoms with van der Waals surface area (Å²) in [5.41, 5.74) is 2.53. The Hall–Kier alpha value is -1.85. The number of amides is 1. The first-order valence-electron chi connectivity index (χ1n) is 5.41. The first-order chi connectivity index (χ1) is 7.90. The minimum absolute atomic E-state index is 0.0743. The zero-order chi connectivity index (χ0) is 13.0. The topological polar surface area (TPSA) is 95.1 Å². The molecule has 17 heavy (non-hydrogen) atoms. The summed E-state index contributed by atoms with van der Waals surface area (Å²) >= 11 is 0. The van der Waals surface area contributed by atoms with Gasteiger partial charge in [-0.25, -0.2) is 0 Å². The highest BCUT2D eigenvalue weighted by molar-refractivity contribution is 5.80. The number of carboxylic acid groups (broad SMARTS) is 1. The van der Waals surface area contributed by atoms with E-state index < -0.39 is 5.97 Å². The molecule has 1 rings (SSSR count). The van der Waals surface area contributed by atoms with Gasteiger partial charge in [0.25, 0.3) is 0 Å². The number of carbonyl (C=O) groups excluding carboxylic acids is 1. The lowest BCUT2D eigenvalue weighted by atomic mass is 10.1. The smallest absolute Gasteiger partial charge is 0.305 e. The van der Waals surface area contributed by atoms with Gasteiger partial charge in [-0.15, -0.1) is 0 Å². The molecule has 1 aromatic heterocycles. The average Bonchev–Trinajstić information content (AvgIpc) is 2.47. The summed E-state index contributed by atoms with van der Waals surface area (Å²) in [7, 11) is 0. The van der Waals surface area contributed by atoms with Crippen LogP contribution < -0.4 is 5.32 Å². The molecule has 3 N–H and O–H groups in total. The molecule has 1 aromatic rings. The number of carbonyl (C=O) groups is 2. The van der Waals surface area contributed by atoms with Crippen molar-refractivity contribution < 1.29 is 14.7 Å². The SMILES string of the molecule is Cc1n[nH]c(C)c1CC(=O)NC(C)CC(=O)O. The highest BCUT2D eigenvalue weighted by Crippen LogP contribution is 2.09. The van der Waals surface area contributed by atoms with Crippen LogP contribution in [0.4, 0.5) is 0 Å². The van der Waals surface area contributed by atoms with Crippen molar-refractivity contribution in [3.8, 4) is 0 Å². The second-order valence-corrected chi connectivity index (χ2v) is 4.16. The molecule has 0 aromatic carbocycles. The molecule has 0 aliphatic carbocycles. The number of hydrogen-bond donors (Lipinski definition) is 3. The number of carboxylic acids is 1. The van der Waals surface area contributed by atoms with Gasteiger partial charge in [-0.1, -0.05) is 0 Å². The molecule has 0 spiro atoms. The number of aryl methyl sites for hydroxylation is 2. The van der Waals surface area contributed by atoms with Crippen molar-refractivity contribution in [2.45, 2.75) is 39.7 Å². The van der Waals surface area contributed by atoms with Crippen molar-refractivity contribution in [2.24, 2.45) is 0 Å². The van der Waals surface area contributed by atoms with Gasteiger partial charge in [0.1, 0.15) is 0 Å². The fraction of sp³-hybridized carbons (Fsp3) is 0.545. The zero-order valence-electron chi connectivity index (χ0n) is 10.2. The molecule has 6 heteroatoms. The third-order valence-electron chi connectivity index (χ3n) is 2.51. The fourth-order valence-corrected chi connectivity index (χ4v) is 1.63. The van der Waals surface area contributed by atoms with Crippen LogP contribution in [0.25, 0.3) is 0 Å². The molecule has 1 heterocycles. The molecule has 0 aliphatic rings. The largest absolute Gasteiger partial charge is 0.481 e. The summed E-state index contributed by atoms with van der Waals surface area (Å²) < 4.78 is 0. The monoisotopic (exact) mass is 239 g/mol. The van der Waals surface area contributed by atoms with Gasteiger partial charge in [-0.2, -0.15) is 5.10 Å². The highest BCUT2D eigenvalue weighted by atomic mass is 16.4. The van der Waals surface area contributed by atoms with Crippen LogP contribution in [-0.2, 0) is 16.0 Å². The standard InChI is InChI=1S/C11H17N3O3/c1-6(4-11(16)17)12-10(15)5-9-7(2)13-14-8(9)3/h6H,4-5H2,1-3H3,(H,12,15)(H,13,14)(H,16,17). The summed E-state index contributed by atoms with van der Waals surface area (Å²) in [6, 6.07) is -0.368. The minimum atomic E-state index is -0.923. The first-order valence-corrected chi connectivity index (χ1v) is 5.41. The molecule has 6 nitrogen and oxygen atoms in total. The maximum Gasteiger partial charge on any atom is 0.305 e. The average molecular weight is 239 g/mol. The summed E-state index contributed by atoms with van der Waals surface area (Å²) in [6.07, 6.45) is 0.146. The molecule has 94 valence electrons. The van der Waals surface area contributed by atoms with E-state index in [1.54, 1.807) is 6.92 Å². The van der Waals surface area contributed by atoms with E-state index in [4.69, 9.17) is 5.11 Å². The first kappa shape index (κ1) is 13.2. The predicted molar refractivity (Wildman–Crippen MR) is 61.6 cm³/mol. The Bertz CT molecular complexity index is 406. The van der Waals surface area contributed by atoms with Crippen LogP contribution in [0.5, 0.6) is 0 Å². The zero-order valence-corrected chi connectivity index (χ0v) is 10.2. The second-order valence-electron chi connectivity index (χ2n) is 4.16. The molecule has 0 saturated heterocycles. The third-order valence-corrected chi connectivity index (χ3v) is 2.51. The van der Waals surface area contributed by atoms with Crippen molar-refractivity contribution in [3.63, 3.8) is 0 Å². The Morgan fingerprint density at radius 3 is 2.59 bits per heavy atom. The number of nitrogens with one attached hydrogen (secondary N) is 2. The van der Waals surface area contributed by atoms with Gasteiger partial charge < -0.3 is 10.4 Å². The van der Waals surface area contributed by atoms with Crippen LogP contribution in [0.1, 0.15) is 30.3 Å². The van der Waals surface area contributed by atoms with E-state index in [1.807, 2.05) is 13.8 Å². The van der Waals surface area contributed by atoms with Gasteiger partial charge in [0.15, 0.2) is 0 Å². The minimum Gasteiger partial charge on any atom is -0.481 e. The van der Waals surface area contributed by atoms with Crippen molar-refractivity contribution in [3.05, 3.63) is 17.0 Å². The Morgan fingerprint density at radius 1 is 1.47 bits per heavy atom. The molecule has 0 aliphatic heterocycles. The van der Waals surface area contributed by atoms with E-state index in [9.17, 15) is 9.59 Å². The van der Waals surface area contributed by atoms with E-state index >= 15 is 0 Å². The Morgan fingerprint density at radius 2 is 2.12 bits per heavy atom. The number of hydrogen-bond acceptors (Lipinski definition) is 3. The lowest BCUT2D eigenvalue weighted by Crippen LogP contribution is -2.35. The lowest BCUT2D eigenvalue weighted by molar-refractivity contribution is -0.137. The fourth-order valence-electron chi connectivity index (χ4n) is 1.63. The molecule has 1 atom stereocenters. The maximum atomic E-state index is 11.7. The van der Waals surface area contributed by atoms with Crippen LogP contribution in [0.3, 0.4) is 0 Å². The predicted octanol–water partition coefficient (Wildman–Crippen LogP) is 0.548. The van der Waals surface area contributed by atoms with E-state index in [1.165, 1.54) is 0 Å². The molecule has 1 unspecified atom stereocenters. The molecule has 0 saturated carbocycles. The van der Waals surface area contributed by atoms with Gasteiger partial charge in [0.05, 0.1) is 18.5 Å². The summed E-state index contributed by atoms with van der Waals surface area (Å²) in [6.45, 7) is 5.34. The second kappa shape index (κ2) is 5.47. The van der Waals surface area contributed by atoms with Gasteiger partial charge >= 0.3 is 5.97 Å². The van der Waals surface area contributed by atoms with Crippen molar-refractivity contribution in [1.29, 1.82) is 0 Å². The van der Waals surface area contributed by atoms with Crippen LogP contribution >= 0.6 is 0 Å². The molecule has 1 amide bonds. The lowest BCUT2D eigenvalue weighted by Gasteiger charge is -2.11. The number of rotatable bonds is 5. The molecule has 0 fully saturated rings. The van der Waals surface area contributed by atoms with E-state index in [0.717, 1.165) is 17.0 Å². The number of aromatic amines is 1. The summed E-state index contributed by atoms with van der Waals surface area (Å²) in [4.78, 5) is 22.1. The highest BCUT2D eigenvalue weighted by Gasteiger charge is 2.14. The van der Waals surface area contributed by atoms with Gasteiger partial charge in [-0.3, -0.25) is 14.7 Å². The van der Waals surface area contributed by atoms with Crippen LogP contribution in [0.15, 0.2) is 0 Å². The van der Waals surface area contributed by atoms with Gasteiger partial charge in [-0.05, 0) is 20.8 Å². The Balaban J connectivity index is 2.53. The Kier molecular flexibility index (Phi) is 4.25. The molecular formula is C11H17N3O3. The molecular weight excluding hydrogens is 222 g/mol. The van der Waals surface area contributed by atoms with Gasteiger partial charge in [0, 0.05) is 17.3 Å². The summed E-state index contributed by atoms with van der Waals surface area (Å²) in [5, 5.41) is 18.0. The molecule has 0 bridgehead atoms. The van der Waals surface area contributed by atoms with Crippen molar-refractivity contribution in [2.75, 3.05) is 0 Å². The van der Waals surface area contributed by atoms with E-state index in [0.29, 0.717) is 0 Å². The normalized spacial score (nSPS) is 12.2. The maximum absolute atomic E-state index is 11.7. The van der Waals surface area contributed by atoms with Crippen LogP contribution in [0.2, 0.25) is 0 Å². The van der Waals surface area contributed by atoms with Crippen molar-refractivity contribution >= 4 is 11.9 Å². The van der Waals surface area contributed by atoms with Crippen LogP contribution in [-0.4, -0.2) is 33.2 Å². The number of aromatic nitrogens is 2. The Labute approximate surface area is 99.4 Å². The van der Waals surface area contributed by atoms with Crippen LogP contribution in [0, 0.1) is 13.8 Å². The quantitative estimate of drug-likeness (QED) is 0.699. The number of nitrogens with zero attached hydrogens (tertiary/aromatic N) is 1. The summed E-state index contributed by atoms with van der Waals surface area (Å²) in [5.74, 6) is -1.11. The number of aliphatic carboxylic acids is 1. The van der Waals surface area contributed by atoms with Crippen molar-refractivity contribution in [1.82, 2.24) is 15.5 Å². The molecule has 0 radical (unpaired) electrons. The number of H-pyrrole nitrogens is 1. The third kappa shape index (κ3) is 3.90. The van der Waals surface area contributed by atoms with Gasteiger partial charge in [0.2, 0.25) is 5.91 Å². The van der Waals surface area contributed by atoms with E-state index in [-0.39, 0.29) is 24.8 Å².